The van der Waals surface area contributed by atoms with Gasteiger partial charge in [0.1, 0.15) is 0 Å². The molecule has 3 N–H and O–H groups in total. The molecule has 0 aromatic heterocycles. The van der Waals surface area contributed by atoms with Gasteiger partial charge in [0.25, 0.3) is 0 Å². The third-order valence-corrected chi connectivity index (χ3v) is 5.67. The van der Waals surface area contributed by atoms with Gasteiger partial charge >= 0.3 is 5.97 Å². The number of carbonyl (C=O) groups is 2. The third-order valence-electron chi connectivity index (χ3n) is 4.11. The van der Waals surface area contributed by atoms with Crippen molar-refractivity contribution >= 4 is 21.9 Å². The Morgan fingerprint density at radius 2 is 1.88 bits per heavy atom. The average Bonchev–Trinajstić information content (AvgIpc) is 2.96. The van der Waals surface area contributed by atoms with Gasteiger partial charge in [-0.15, -0.1) is 0 Å². The van der Waals surface area contributed by atoms with Gasteiger partial charge in [-0.05, 0) is 30.5 Å². The first kappa shape index (κ1) is 18.4. The molecular weight excluding hydrogens is 332 g/mol. The van der Waals surface area contributed by atoms with Crippen LogP contribution in [0.5, 0.6) is 0 Å². The van der Waals surface area contributed by atoms with Crippen LogP contribution >= 0.6 is 0 Å². The van der Waals surface area contributed by atoms with Crippen molar-refractivity contribution in [2.45, 2.75) is 43.5 Å². The Morgan fingerprint density at radius 3 is 2.46 bits per heavy atom. The molecule has 8 heteroatoms. The number of benzene rings is 1. The predicted octanol–water partition coefficient (Wildman–Crippen LogP) is 0.897. The molecule has 24 heavy (non-hydrogen) atoms. The van der Waals surface area contributed by atoms with Gasteiger partial charge in [0.15, 0.2) is 0 Å². The second kappa shape index (κ2) is 7.76. The second-order valence-electron chi connectivity index (χ2n) is 5.87. The highest BCUT2D eigenvalue weighted by Gasteiger charge is 2.33. The summed E-state index contributed by atoms with van der Waals surface area (Å²) < 4.78 is 26.1. The molecule has 2 rings (SSSR count). The number of sulfonamides is 1. The molecule has 0 radical (unpaired) electrons. The number of carboxylic acids is 1. The Morgan fingerprint density at radius 1 is 1.21 bits per heavy atom. The maximum Gasteiger partial charge on any atom is 0.308 e. The smallest absolute Gasteiger partial charge is 0.308 e. The molecule has 0 unspecified atom stereocenters. The number of hydrogen-bond acceptors (Lipinski definition) is 4. The minimum absolute atomic E-state index is 0.0877. The maximum atomic E-state index is 12.1. The number of hydrogen-bond donors (Lipinski definition) is 3. The largest absolute Gasteiger partial charge is 0.481 e. The molecule has 2 atom stereocenters. The van der Waals surface area contributed by atoms with Crippen LogP contribution in [-0.4, -0.2) is 38.0 Å². The lowest BCUT2D eigenvalue weighted by Crippen LogP contribution is -2.40. The molecule has 1 aliphatic rings. The third kappa shape index (κ3) is 4.55. The number of rotatable bonds is 7. The lowest BCUT2D eigenvalue weighted by molar-refractivity contribution is -0.142. The van der Waals surface area contributed by atoms with Gasteiger partial charge < -0.3 is 10.4 Å². The molecule has 0 bridgehead atoms. The van der Waals surface area contributed by atoms with Gasteiger partial charge in [-0.2, -0.15) is 0 Å². The topological polar surface area (TPSA) is 113 Å². The van der Waals surface area contributed by atoms with Crippen LogP contribution < -0.4 is 10.0 Å². The standard InChI is InChI=1S/C16H22N2O5S/c1-2-17-24(22,23)12-8-6-11(7-9-12)10-15(19)18-14-5-3-4-13(14)16(20)21/h6-9,13-14,17H,2-5,10H2,1H3,(H,18,19)(H,20,21)/t13-,14+/m0/s1. The van der Waals surface area contributed by atoms with Gasteiger partial charge in [-0.25, -0.2) is 13.1 Å². The van der Waals surface area contributed by atoms with E-state index in [4.69, 9.17) is 5.11 Å². The average molecular weight is 354 g/mol. The zero-order valence-electron chi connectivity index (χ0n) is 13.5. The van der Waals surface area contributed by atoms with Crippen molar-refractivity contribution < 1.29 is 23.1 Å². The van der Waals surface area contributed by atoms with Crippen molar-refractivity contribution in [2.75, 3.05) is 6.54 Å². The van der Waals surface area contributed by atoms with Crippen LogP contribution in [0.3, 0.4) is 0 Å². The number of carboxylic acid groups (broad SMARTS) is 1. The van der Waals surface area contributed by atoms with Crippen molar-refractivity contribution in [1.29, 1.82) is 0 Å². The lowest BCUT2D eigenvalue weighted by Gasteiger charge is -2.17. The molecule has 1 aromatic rings. The molecule has 0 spiro atoms. The van der Waals surface area contributed by atoms with Gasteiger partial charge in [0.05, 0.1) is 17.2 Å². The molecular formula is C16H22N2O5S. The second-order valence-corrected chi connectivity index (χ2v) is 7.64. The zero-order valence-corrected chi connectivity index (χ0v) is 14.3. The quantitative estimate of drug-likeness (QED) is 0.673. The molecule has 1 amide bonds. The van der Waals surface area contributed by atoms with Crippen molar-refractivity contribution in [3.05, 3.63) is 29.8 Å². The van der Waals surface area contributed by atoms with Gasteiger partial charge in [-0.3, -0.25) is 9.59 Å². The molecule has 0 saturated heterocycles. The highest BCUT2D eigenvalue weighted by atomic mass is 32.2. The van der Waals surface area contributed by atoms with E-state index in [1.54, 1.807) is 19.1 Å². The summed E-state index contributed by atoms with van der Waals surface area (Å²) in [5.74, 6) is -1.66. The minimum Gasteiger partial charge on any atom is -0.481 e. The molecule has 1 fully saturated rings. The van der Waals surface area contributed by atoms with Crippen LogP contribution in [-0.2, 0) is 26.0 Å². The number of aliphatic carboxylic acids is 1. The Hall–Kier alpha value is -1.93. The molecule has 1 aliphatic carbocycles. The lowest BCUT2D eigenvalue weighted by atomic mass is 10.0. The minimum atomic E-state index is -3.51. The zero-order chi connectivity index (χ0) is 17.7. The van der Waals surface area contributed by atoms with E-state index in [9.17, 15) is 18.0 Å². The maximum absolute atomic E-state index is 12.1. The van der Waals surface area contributed by atoms with E-state index >= 15 is 0 Å². The number of amides is 1. The van der Waals surface area contributed by atoms with E-state index in [1.165, 1.54) is 12.1 Å². The molecule has 0 heterocycles. The Bertz CT molecular complexity index is 700. The van der Waals surface area contributed by atoms with Crippen LogP contribution in [0.2, 0.25) is 0 Å². The highest BCUT2D eigenvalue weighted by molar-refractivity contribution is 7.89. The normalized spacial score (nSPS) is 20.7. The molecule has 7 nitrogen and oxygen atoms in total. The fourth-order valence-electron chi connectivity index (χ4n) is 2.93. The van der Waals surface area contributed by atoms with E-state index in [2.05, 4.69) is 10.0 Å². The van der Waals surface area contributed by atoms with Gasteiger partial charge in [0, 0.05) is 12.6 Å². The fourth-order valence-corrected chi connectivity index (χ4v) is 3.97. The van der Waals surface area contributed by atoms with Gasteiger partial charge in [0.2, 0.25) is 15.9 Å². The van der Waals surface area contributed by atoms with Gasteiger partial charge in [-0.1, -0.05) is 25.5 Å². The number of carbonyl (C=O) groups excluding carboxylic acids is 1. The van der Waals surface area contributed by atoms with Crippen LogP contribution in [0.25, 0.3) is 0 Å². The molecule has 0 aliphatic heterocycles. The van der Waals surface area contributed by atoms with Crippen molar-refractivity contribution in [3.8, 4) is 0 Å². The first-order valence-corrected chi connectivity index (χ1v) is 9.42. The summed E-state index contributed by atoms with van der Waals surface area (Å²) in [7, 11) is -3.51. The summed E-state index contributed by atoms with van der Waals surface area (Å²) in [6, 6.07) is 5.76. The van der Waals surface area contributed by atoms with Crippen molar-refractivity contribution in [2.24, 2.45) is 5.92 Å². The highest BCUT2D eigenvalue weighted by Crippen LogP contribution is 2.25. The van der Waals surface area contributed by atoms with Crippen LogP contribution in [0.4, 0.5) is 0 Å². The monoisotopic (exact) mass is 354 g/mol. The summed E-state index contributed by atoms with van der Waals surface area (Å²) in [6.07, 6.45) is 2.13. The van der Waals surface area contributed by atoms with Crippen LogP contribution in [0, 0.1) is 5.92 Å². The first-order chi connectivity index (χ1) is 11.3. The molecule has 132 valence electrons. The van der Waals surface area contributed by atoms with E-state index in [0.717, 1.165) is 6.42 Å². The van der Waals surface area contributed by atoms with Crippen molar-refractivity contribution in [3.63, 3.8) is 0 Å². The van der Waals surface area contributed by atoms with Crippen LogP contribution in [0.15, 0.2) is 29.2 Å². The first-order valence-electron chi connectivity index (χ1n) is 7.94. The van der Waals surface area contributed by atoms with E-state index < -0.39 is 21.9 Å². The fraction of sp³-hybridized carbons (Fsp3) is 0.500. The summed E-state index contributed by atoms with van der Waals surface area (Å²) in [5, 5.41) is 11.9. The SMILES string of the molecule is CCNS(=O)(=O)c1ccc(CC(=O)N[C@@H]2CCC[C@@H]2C(=O)O)cc1. The Kier molecular flexibility index (Phi) is 5.95. The summed E-state index contributed by atoms with van der Waals surface area (Å²) >= 11 is 0. The van der Waals surface area contributed by atoms with E-state index in [0.29, 0.717) is 24.9 Å². The molecule has 1 aromatic carbocycles. The predicted molar refractivity (Wildman–Crippen MR) is 87.9 cm³/mol. The van der Waals surface area contributed by atoms with E-state index in [1.807, 2.05) is 0 Å². The van der Waals surface area contributed by atoms with Crippen LogP contribution in [0.1, 0.15) is 31.7 Å². The van der Waals surface area contributed by atoms with E-state index in [-0.39, 0.29) is 23.3 Å². The molecule has 1 saturated carbocycles. The summed E-state index contributed by atoms with van der Waals surface area (Å²) in [4.78, 5) is 23.4. The Balaban J connectivity index is 1.96. The summed E-state index contributed by atoms with van der Waals surface area (Å²) in [6.45, 7) is 2.00. The van der Waals surface area contributed by atoms with Crippen molar-refractivity contribution in [1.82, 2.24) is 10.0 Å². The Labute approximate surface area is 141 Å². The summed E-state index contributed by atoms with van der Waals surface area (Å²) in [5.41, 5.74) is 0.674. The number of nitrogens with one attached hydrogen (secondary N) is 2.